The van der Waals surface area contributed by atoms with Gasteiger partial charge in [-0.05, 0) is 48.7 Å². The summed E-state index contributed by atoms with van der Waals surface area (Å²) in [4.78, 5) is 4.11. The molecule has 0 saturated heterocycles. The monoisotopic (exact) mass is 284 g/mol. The highest BCUT2D eigenvalue weighted by Crippen LogP contribution is 2.16. The van der Waals surface area contributed by atoms with Crippen LogP contribution < -0.4 is 5.32 Å². The van der Waals surface area contributed by atoms with Crippen molar-refractivity contribution in [2.45, 2.75) is 19.9 Å². The maximum absolute atomic E-state index is 4.35. The lowest BCUT2D eigenvalue weighted by molar-refractivity contribution is 0.687. The highest BCUT2D eigenvalue weighted by Gasteiger charge is 2.04. The van der Waals surface area contributed by atoms with Gasteiger partial charge < -0.3 is 5.32 Å². The van der Waals surface area contributed by atoms with Gasteiger partial charge in [0.15, 0.2) is 0 Å². The Morgan fingerprint density at radius 1 is 1.15 bits per heavy atom. The van der Waals surface area contributed by atoms with E-state index in [2.05, 4.69) is 38.1 Å². The topological polar surface area (TPSA) is 50.7 Å². The fourth-order valence-corrected chi connectivity index (χ4v) is 2.80. The van der Waals surface area contributed by atoms with Crippen molar-refractivity contribution in [2.24, 2.45) is 0 Å². The summed E-state index contributed by atoms with van der Waals surface area (Å²) in [5.74, 6) is 0. The fraction of sp³-hybridized carbons (Fsp3) is 0.267. The average molecular weight is 284 g/mol. The van der Waals surface area contributed by atoms with Crippen LogP contribution in [-0.4, -0.2) is 20.3 Å². The molecular weight excluding hydrogens is 268 g/mol. The van der Waals surface area contributed by atoms with Crippen molar-refractivity contribution < 1.29 is 0 Å². The van der Waals surface area contributed by atoms with Crippen molar-refractivity contribution in [1.29, 1.82) is 0 Å². The zero-order chi connectivity index (χ0) is 13.8. The van der Waals surface area contributed by atoms with E-state index in [9.17, 15) is 0 Å². The molecule has 20 heavy (non-hydrogen) atoms. The Hall–Kier alpha value is -1.85. The summed E-state index contributed by atoms with van der Waals surface area (Å²) >= 11 is 1.27. The average Bonchev–Trinajstić information content (AvgIpc) is 2.94. The van der Waals surface area contributed by atoms with Gasteiger partial charge in [-0.25, -0.2) is 0 Å². The maximum Gasteiger partial charge on any atom is 0.109 e. The van der Waals surface area contributed by atoms with Crippen molar-refractivity contribution in [1.82, 2.24) is 19.0 Å². The third-order valence-electron chi connectivity index (χ3n) is 3.39. The van der Waals surface area contributed by atoms with Crippen LogP contribution in [-0.2, 0) is 13.0 Å². The third kappa shape index (κ3) is 2.84. The molecule has 0 bridgehead atoms. The minimum Gasteiger partial charge on any atom is -0.312 e. The zero-order valence-electron chi connectivity index (χ0n) is 11.3. The number of aromatic nitrogens is 3. The molecule has 0 atom stereocenters. The summed E-state index contributed by atoms with van der Waals surface area (Å²) in [6.45, 7) is 3.87. The first-order valence-corrected chi connectivity index (χ1v) is 7.38. The van der Waals surface area contributed by atoms with E-state index in [0.29, 0.717) is 0 Å². The van der Waals surface area contributed by atoms with Gasteiger partial charge in [-0.1, -0.05) is 12.1 Å². The number of nitrogens with zero attached hydrogens (tertiary/aromatic N) is 3. The van der Waals surface area contributed by atoms with Crippen LogP contribution in [0.15, 0.2) is 36.7 Å². The lowest BCUT2D eigenvalue weighted by Crippen LogP contribution is -2.17. The number of nitrogens with one attached hydrogen (secondary N) is 1. The summed E-state index contributed by atoms with van der Waals surface area (Å²) in [6, 6.07) is 8.23. The minimum absolute atomic E-state index is 0.826. The highest BCUT2D eigenvalue weighted by atomic mass is 32.1. The maximum atomic E-state index is 4.35. The first-order chi connectivity index (χ1) is 9.84. The van der Waals surface area contributed by atoms with Crippen molar-refractivity contribution in [3.8, 4) is 0 Å². The first-order valence-electron chi connectivity index (χ1n) is 6.65. The second kappa shape index (κ2) is 6.07. The molecule has 0 radical (unpaired) electrons. The molecular formula is C15H16N4S. The summed E-state index contributed by atoms with van der Waals surface area (Å²) < 4.78 is 8.61. The summed E-state index contributed by atoms with van der Waals surface area (Å²) in [5.41, 5.74) is 5.81. The van der Waals surface area contributed by atoms with Crippen molar-refractivity contribution in [3.05, 3.63) is 53.3 Å². The van der Waals surface area contributed by atoms with Gasteiger partial charge in [0, 0.05) is 18.9 Å². The van der Waals surface area contributed by atoms with Gasteiger partial charge in [0.05, 0.1) is 11.7 Å². The number of hydrogen-bond donors (Lipinski definition) is 1. The Morgan fingerprint density at radius 2 is 2.10 bits per heavy atom. The van der Waals surface area contributed by atoms with Crippen LogP contribution >= 0.6 is 11.7 Å². The summed E-state index contributed by atoms with van der Waals surface area (Å²) in [5, 5.41) is 3.48. The molecule has 3 aromatic rings. The summed E-state index contributed by atoms with van der Waals surface area (Å²) in [7, 11) is 0. The molecule has 1 N–H and O–H groups in total. The van der Waals surface area contributed by atoms with Crippen LogP contribution in [0.25, 0.3) is 11.0 Å². The van der Waals surface area contributed by atoms with Crippen molar-refractivity contribution >= 4 is 22.8 Å². The van der Waals surface area contributed by atoms with Gasteiger partial charge in [-0.15, -0.1) is 0 Å². The first kappa shape index (κ1) is 13.1. The molecule has 0 aliphatic rings. The number of rotatable bonds is 5. The van der Waals surface area contributed by atoms with E-state index < -0.39 is 0 Å². The Labute approximate surface area is 122 Å². The number of aryl methyl sites for hydroxylation is 1. The van der Waals surface area contributed by atoms with Crippen LogP contribution in [0, 0.1) is 6.92 Å². The fourth-order valence-electron chi connectivity index (χ4n) is 2.23. The van der Waals surface area contributed by atoms with Gasteiger partial charge >= 0.3 is 0 Å². The molecule has 0 aliphatic carbocycles. The standard InChI is InChI=1S/C15H16N4S/c1-11-9-16-7-5-12(11)6-8-17-10-13-3-2-4-14-15(13)19-20-18-14/h2-5,7,9,17H,6,8,10H2,1H3. The van der Waals surface area contributed by atoms with Crippen LogP contribution in [0.5, 0.6) is 0 Å². The normalized spacial score (nSPS) is 11.1. The molecule has 3 rings (SSSR count). The van der Waals surface area contributed by atoms with Crippen LogP contribution in [0.1, 0.15) is 16.7 Å². The Kier molecular flexibility index (Phi) is 3.99. The van der Waals surface area contributed by atoms with Crippen LogP contribution in [0.4, 0.5) is 0 Å². The molecule has 0 unspecified atom stereocenters. The van der Waals surface area contributed by atoms with Gasteiger partial charge in [0.25, 0.3) is 0 Å². The number of hydrogen-bond acceptors (Lipinski definition) is 5. The zero-order valence-corrected chi connectivity index (χ0v) is 12.2. The molecule has 0 amide bonds. The van der Waals surface area contributed by atoms with Crippen molar-refractivity contribution in [3.63, 3.8) is 0 Å². The highest BCUT2D eigenvalue weighted by molar-refractivity contribution is 7.00. The van der Waals surface area contributed by atoms with Gasteiger partial charge in [-0.2, -0.15) is 8.75 Å². The van der Waals surface area contributed by atoms with E-state index >= 15 is 0 Å². The molecule has 2 aromatic heterocycles. The third-order valence-corrected chi connectivity index (χ3v) is 3.94. The predicted molar refractivity (Wildman–Crippen MR) is 81.8 cm³/mol. The van der Waals surface area contributed by atoms with E-state index in [1.165, 1.54) is 28.4 Å². The largest absolute Gasteiger partial charge is 0.312 e. The molecule has 5 heteroatoms. The van der Waals surface area contributed by atoms with Crippen LogP contribution in [0.2, 0.25) is 0 Å². The second-order valence-electron chi connectivity index (χ2n) is 4.78. The molecule has 102 valence electrons. The molecule has 0 aliphatic heterocycles. The SMILES string of the molecule is Cc1cnccc1CCNCc1cccc2nsnc12. The number of pyridine rings is 1. The Bertz CT molecular complexity index is 708. The van der Waals surface area contributed by atoms with Crippen LogP contribution in [0.3, 0.4) is 0 Å². The Morgan fingerprint density at radius 3 is 3.00 bits per heavy atom. The Balaban J connectivity index is 1.58. The molecule has 0 fully saturated rings. The predicted octanol–water partition coefficient (Wildman–Crippen LogP) is 2.73. The lowest BCUT2D eigenvalue weighted by atomic mass is 10.1. The number of benzene rings is 1. The van der Waals surface area contributed by atoms with E-state index in [-0.39, 0.29) is 0 Å². The van der Waals surface area contributed by atoms with E-state index in [1.54, 1.807) is 0 Å². The minimum atomic E-state index is 0.826. The van der Waals surface area contributed by atoms with Gasteiger partial charge in [-0.3, -0.25) is 4.98 Å². The molecule has 0 spiro atoms. The van der Waals surface area contributed by atoms with E-state index in [4.69, 9.17) is 0 Å². The molecule has 0 saturated carbocycles. The molecule has 2 heterocycles. The lowest BCUT2D eigenvalue weighted by Gasteiger charge is -2.07. The molecule has 1 aromatic carbocycles. The quantitative estimate of drug-likeness (QED) is 0.732. The summed E-state index contributed by atoms with van der Waals surface area (Å²) in [6.07, 6.45) is 4.78. The second-order valence-corrected chi connectivity index (χ2v) is 5.31. The van der Waals surface area contributed by atoms with E-state index in [1.807, 2.05) is 24.5 Å². The van der Waals surface area contributed by atoms with Crippen molar-refractivity contribution in [2.75, 3.05) is 6.54 Å². The van der Waals surface area contributed by atoms with E-state index in [0.717, 1.165) is 30.5 Å². The van der Waals surface area contributed by atoms with Gasteiger partial charge in [0.2, 0.25) is 0 Å². The smallest absolute Gasteiger partial charge is 0.109 e. The number of fused-ring (bicyclic) bond motifs is 1. The molecule has 4 nitrogen and oxygen atoms in total. The van der Waals surface area contributed by atoms with Gasteiger partial charge in [0.1, 0.15) is 11.0 Å².